The normalized spacial score (nSPS) is 17.2. The Kier molecular flexibility index (Phi) is 5.12. The number of benzene rings is 1. The lowest BCUT2D eigenvalue weighted by atomic mass is 10.0. The summed E-state index contributed by atoms with van der Waals surface area (Å²) < 4.78 is 0. The van der Waals surface area contributed by atoms with Crippen LogP contribution in [0.1, 0.15) is 37.4 Å². The van der Waals surface area contributed by atoms with E-state index in [9.17, 15) is 9.59 Å². The zero-order chi connectivity index (χ0) is 17.8. The molecule has 0 bridgehead atoms. The van der Waals surface area contributed by atoms with Gasteiger partial charge in [-0.05, 0) is 35.7 Å². The van der Waals surface area contributed by atoms with Crippen LogP contribution in [0.3, 0.4) is 0 Å². The molecule has 5 nitrogen and oxygen atoms in total. The van der Waals surface area contributed by atoms with E-state index in [-0.39, 0.29) is 24.2 Å². The topological polar surface area (TPSA) is 62.3 Å². The first-order valence-electron chi connectivity index (χ1n) is 8.62. The zero-order valence-electron chi connectivity index (χ0n) is 14.6. The van der Waals surface area contributed by atoms with Crippen molar-refractivity contribution in [2.24, 2.45) is 5.92 Å². The van der Waals surface area contributed by atoms with Crippen LogP contribution in [0.2, 0.25) is 0 Å². The van der Waals surface area contributed by atoms with Gasteiger partial charge < -0.3 is 10.2 Å². The third-order valence-corrected chi connectivity index (χ3v) is 4.51. The fourth-order valence-electron chi connectivity index (χ4n) is 3.01. The highest BCUT2D eigenvalue weighted by Gasteiger charge is 2.35. The van der Waals surface area contributed by atoms with Gasteiger partial charge in [-0.3, -0.25) is 14.6 Å². The van der Waals surface area contributed by atoms with Crippen LogP contribution in [-0.4, -0.2) is 23.3 Å². The molecule has 3 rings (SSSR count). The summed E-state index contributed by atoms with van der Waals surface area (Å²) in [6.45, 7) is 5.05. The zero-order valence-corrected chi connectivity index (χ0v) is 14.6. The number of hydrogen-bond acceptors (Lipinski definition) is 3. The van der Waals surface area contributed by atoms with Gasteiger partial charge in [0.05, 0.1) is 18.2 Å². The predicted octanol–water partition coefficient (Wildman–Crippen LogP) is 2.87. The number of anilines is 1. The largest absolute Gasteiger partial charge is 0.350 e. The molecule has 0 aliphatic carbocycles. The van der Waals surface area contributed by atoms with Crippen molar-refractivity contribution in [1.29, 1.82) is 0 Å². The van der Waals surface area contributed by atoms with Gasteiger partial charge in [-0.15, -0.1) is 0 Å². The Hall–Kier alpha value is -2.69. The number of carbonyl (C=O) groups is 2. The number of nitrogens with zero attached hydrogens (tertiary/aromatic N) is 2. The smallest absolute Gasteiger partial charge is 0.227 e. The van der Waals surface area contributed by atoms with E-state index in [2.05, 4.69) is 30.2 Å². The van der Waals surface area contributed by atoms with E-state index in [0.717, 1.165) is 11.4 Å². The summed E-state index contributed by atoms with van der Waals surface area (Å²) in [4.78, 5) is 30.7. The first kappa shape index (κ1) is 17.1. The molecule has 1 aromatic carbocycles. The van der Waals surface area contributed by atoms with Crippen LogP contribution in [0.15, 0.2) is 48.7 Å². The summed E-state index contributed by atoms with van der Waals surface area (Å²) in [7, 11) is 0. The standard InChI is InChI=1S/C20H23N3O2/c1-14(2)15-6-5-8-18(10-15)23-13-16(11-19(23)24)20(25)22-12-17-7-3-4-9-21-17/h3-10,14,16H,11-13H2,1-2H3,(H,22,25)/t16-/m0/s1. The van der Waals surface area contributed by atoms with Gasteiger partial charge in [0.2, 0.25) is 11.8 Å². The van der Waals surface area contributed by atoms with Gasteiger partial charge >= 0.3 is 0 Å². The summed E-state index contributed by atoms with van der Waals surface area (Å²) in [5.74, 6) is -0.0190. The fraction of sp³-hybridized carbons (Fsp3) is 0.350. The van der Waals surface area contributed by atoms with Crippen molar-refractivity contribution in [3.8, 4) is 0 Å². The average molecular weight is 337 g/mol. The molecular weight excluding hydrogens is 314 g/mol. The van der Waals surface area contributed by atoms with Gasteiger partial charge in [-0.25, -0.2) is 0 Å². The van der Waals surface area contributed by atoms with Crippen LogP contribution < -0.4 is 10.2 Å². The van der Waals surface area contributed by atoms with Crippen molar-refractivity contribution in [3.05, 3.63) is 59.9 Å². The van der Waals surface area contributed by atoms with Crippen molar-refractivity contribution in [1.82, 2.24) is 10.3 Å². The quantitative estimate of drug-likeness (QED) is 0.912. The summed E-state index contributed by atoms with van der Waals surface area (Å²) >= 11 is 0. The van der Waals surface area contributed by atoms with Gasteiger partial charge in [-0.1, -0.05) is 32.0 Å². The van der Waals surface area contributed by atoms with E-state index in [0.29, 0.717) is 19.0 Å². The first-order chi connectivity index (χ1) is 12.0. The van der Waals surface area contributed by atoms with Gasteiger partial charge in [0.25, 0.3) is 0 Å². The summed E-state index contributed by atoms with van der Waals surface area (Å²) in [5, 5.41) is 2.88. The number of hydrogen-bond donors (Lipinski definition) is 1. The van der Waals surface area contributed by atoms with Crippen LogP contribution in [0, 0.1) is 5.92 Å². The molecule has 1 aliphatic heterocycles. The second kappa shape index (κ2) is 7.47. The number of carbonyl (C=O) groups excluding carboxylic acids is 2. The summed E-state index contributed by atoms with van der Waals surface area (Å²) in [6, 6.07) is 13.6. The van der Waals surface area contributed by atoms with Crippen LogP contribution >= 0.6 is 0 Å². The highest BCUT2D eigenvalue weighted by Crippen LogP contribution is 2.27. The van der Waals surface area contributed by atoms with Crippen molar-refractivity contribution in [2.75, 3.05) is 11.4 Å². The highest BCUT2D eigenvalue weighted by atomic mass is 16.2. The SMILES string of the molecule is CC(C)c1cccc(N2C[C@@H](C(=O)NCc3ccccn3)CC2=O)c1. The fourth-order valence-corrected chi connectivity index (χ4v) is 3.01. The van der Waals surface area contributed by atoms with E-state index < -0.39 is 0 Å². The lowest BCUT2D eigenvalue weighted by Crippen LogP contribution is -2.32. The molecule has 1 aliphatic rings. The second-order valence-electron chi connectivity index (χ2n) is 6.69. The molecule has 25 heavy (non-hydrogen) atoms. The Labute approximate surface area is 148 Å². The highest BCUT2D eigenvalue weighted by molar-refractivity contribution is 6.00. The number of aromatic nitrogens is 1. The number of pyridine rings is 1. The molecule has 0 spiro atoms. The Morgan fingerprint density at radius 2 is 2.12 bits per heavy atom. The third kappa shape index (κ3) is 4.05. The maximum atomic E-state index is 12.4. The van der Waals surface area contributed by atoms with Crippen molar-refractivity contribution in [2.45, 2.75) is 32.7 Å². The third-order valence-electron chi connectivity index (χ3n) is 4.51. The second-order valence-corrected chi connectivity index (χ2v) is 6.69. The van der Waals surface area contributed by atoms with Gasteiger partial charge in [-0.2, -0.15) is 0 Å². The Bertz CT molecular complexity index is 759. The molecule has 2 aromatic rings. The minimum atomic E-state index is -0.320. The molecular formula is C20H23N3O2. The lowest BCUT2D eigenvalue weighted by molar-refractivity contribution is -0.126. The molecule has 1 aromatic heterocycles. The Morgan fingerprint density at radius 1 is 1.28 bits per heavy atom. The monoisotopic (exact) mass is 337 g/mol. The molecule has 1 fully saturated rings. The molecule has 1 saturated heterocycles. The minimum Gasteiger partial charge on any atom is -0.350 e. The maximum absolute atomic E-state index is 12.4. The molecule has 2 amide bonds. The molecule has 1 N–H and O–H groups in total. The van der Waals surface area contributed by atoms with E-state index in [1.165, 1.54) is 5.56 Å². The van der Waals surface area contributed by atoms with Gasteiger partial charge in [0.15, 0.2) is 0 Å². The molecule has 2 heterocycles. The van der Waals surface area contributed by atoms with Gasteiger partial charge in [0.1, 0.15) is 0 Å². The van der Waals surface area contributed by atoms with E-state index >= 15 is 0 Å². The number of rotatable bonds is 5. The summed E-state index contributed by atoms with van der Waals surface area (Å²) in [5.41, 5.74) is 2.87. The van der Waals surface area contributed by atoms with E-state index in [4.69, 9.17) is 0 Å². The maximum Gasteiger partial charge on any atom is 0.227 e. The van der Waals surface area contributed by atoms with Crippen LogP contribution in [0.4, 0.5) is 5.69 Å². The average Bonchev–Trinajstić information content (AvgIpc) is 3.02. The van der Waals surface area contributed by atoms with Crippen molar-refractivity contribution < 1.29 is 9.59 Å². The van der Waals surface area contributed by atoms with E-state index in [1.807, 2.05) is 36.4 Å². The van der Waals surface area contributed by atoms with Crippen LogP contribution in [0.25, 0.3) is 0 Å². The lowest BCUT2D eigenvalue weighted by Gasteiger charge is -2.18. The molecule has 0 unspecified atom stereocenters. The van der Waals surface area contributed by atoms with Crippen LogP contribution in [0.5, 0.6) is 0 Å². The molecule has 0 saturated carbocycles. The summed E-state index contributed by atoms with van der Waals surface area (Å²) in [6.07, 6.45) is 1.95. The predicted molar refractivity (Wildman–Crippen MR) is 97.1 cm³/mol. The Morgan fingerprint density at radius 3 is 2.84 bits per heavy atom. The number of amides is 2. The van der Waals surface area contributed by atoms with E-state index in [1.54, 1.807) is 11.1 Å². The number of nitrogens with one attached hydrogen (secondary N) is 1. The minimum absolute atomic E-state index is 0.00103. The molecule has 5 heteroatoms. The van der Waals surface area contributed by atoms with Gasteiger partial charge in [0, 0.05) is 24.8 Å². The van der Waals surface area contributed by atoms with Crippen molar-refractivity contribution >= 4 is 17.5 Å². The van der Waals surface area contributed by atoms with Crippen LogP contribution in [-0.2, 0) is 16.1 Å². The van der Waals surface area contributed by atoms with Crippen molar-refractivity contribution in [3.63, 3.8) is 0 Å². The molecule has 130 valence electrons. The first-order valence-corrected chi connectivity index (χ1v) is 8.62. The Balaban J connectivity index is 1.64. The molecule has 1 atom stereocenters. The molecule has 0 radical (unpaired) electrons.